The Morgan fingerprint density at radius 1 is 1.16 bits per heavy atom. The number of methoxy groups -OCH3 is 2. The van der Waals surface area contributed by atoms with Crippen LogP contribution in [0.4, 0.5) is 15.6 Å². The average molecular weight is 380 g/mol. The number of carbonyl (C=O) groups excluding carboxylic acids is 1. The topological polar surface area (TPSA) is 85.4 Å². The summed E-state index contributed by atoms with van der Waals surface area (Å²) < 4.78 is 11.3. The van der Waals surface area contributed by atoms with Crippen molar-refractivity contribution < 1.29 is 14.3 Å². The first-order valence-corrected chi connectivity index (χ1v) is 9.67. The lowest BCUT2D eigenvalue weighted by molar-refractivity contribution is 0.262. The largest absolute Gasteiger partial charge is 0.493 e. The molecule has 0 spiro atoms. The summed E-state index contributed by atoms with van der Waals surface area (Å²) >= 11 is 3.15. The summed E-state index contributed by atoms with van der Waals surface area (Å²) in [5.74, 6) is 1.15. The van der Waals surface area contributed by atoms with Crippen LogP contribution in [-0.4, -0.2) is 35.7 Å². The molecule has 2 aromatic rings. The Hall–Kier alpha value is -2.00. The molecule has 0 aliphatic heterocycles. The molecular weight excluding hydrogens is 360 g/mol. The van der Waals surface area contributed by atoms with E-state index in [2.05, 4.69) is 20.8 Å². The lowest BCUT2D eigenvalue weighted by atomic mass is 10.3. The Morgan fingerprint density at radius 3 is 2.64 bits per heavy atom. The van der Waals surface area contributed by atoms with Gasteiger partial charge in [0.1, 0.15) is 0 Å². The maximum atomic E-state index is 12.1. The van der Waals surface area contributed by atoms with E-state index in [1.165, 1.54) is 37.0 Å². The number of ether oxygens (including phenoxy) is 2. The summed E-state index contributed by atoms with van der Waals surface area (Å²) in [6.45, 7) is 0. The zero-order valence-corrected chi connectivity index (χ0v) is 15.7. The highest BCUT2D eigenvalue weighted by Gasteiger charge is 2.19. The highest BCUT2D eigenvalue weighted by molar-refractivity contribution is 8.01. The van der Waals surface area contributed by atoms with Crippen LogP contribution >= 0.6 is 23.1 Å². The van der Waals surface area contributed by atoms with Gasteiger partial charge in [-0.2, -0.15) is 0 Å². The number of anilines is 2. The minimum absolute atomic E-state index is 0.374. The van der Waals surface area contributed by atoms with E-state index in [-0.39, 0.29) is 6.03 Å². The number of carbonyl (C=O) groups is 1. The monoisotopic (exact) mass is 380 g/mol. The van der Waals surface area contributed by atoms with E-state index in [1.54, 1.807) is 44.2 Å². The summed E-state index contributed by atoms with van der Waals surface area (Å²) in [6, 6.07) is 4.79. The normalized spacial score (nSPS) is 14.3. The second-order valence-corrected chi connectivity index (χ2v) is 8.07. The molecule has 9 heteroatoms. The number of hydrogen-bond donors (Lipinski definition) is 2. The highest BCUT2D eigenvalue weighted by Crippen LogP contribution is 2.37. The zero-order chi connectivity index (χ0) is 17.6. The van der Waals surface area contributed by atoms with Crippen LogP contribution in [0.5, 0.6) is 11.5 Å². The minimum atomic E-state index is -0.374. The van der Waals surface area contributed by atoms with Crippen molar-refractivity contribution in [3.8, 4) is 11.5 Å². The van der Waals surface area contributed by atoms with Crippen molar-refractivity contribution in [1.82, 2.24) is 10.2 Å². The van der Waals surface area contributed by atoms with Gasteiger partial charge in [-0.05, 0) is 25.0 Å². The van der Waals surface area contributed by atoms with Gasteiger partial charge in [-0.3, -0.25) is 5.32 Å². The fourth-order valence-electron chi connectivity index (χ4n) is 2.63. The molecule has 1 aliphatic rings. The summed E-state index contributed by atoms with van der Waals surface area (Å²) in [5.41, 5.74) is 0.597. The Labute approximate surface area is 154 Å². The SMILES string of the molecule is COc1ccc(NC(=O)Nc2nnc(SC3CCCC3)s2)cc1OC. The smallest absolute Gasteiger partial charge is 0.325 e. The Kier molecular flexibility index (Phi) is 5.98. The fraction of sp³-hybridized carbons (Fsp3) is 0.438. The third kappa shape index (κ3) is 4.76. The lowest BCUT2D eigenvalue weighted by Gasteiger charge is -2.10. The van der Waals surface area contributed by atoms with Crippen molar-refractivity contribution in [3.05, 3.63) is 18.2 Å². The van der Waals surface area contributed by atoms with Gasteiger partial charge in [0.15, 0.2) is 15.8 Å². The second-order valence-electron chi connectivity index (χ2n) is 5.55. The minimum Gasteiger partial charge on any atom is -0.493 e. The number of amides is 2. The van der Waals surface area contributed by atoms with Gasteiger partial charge in [-0.25, -0.2) is 4.79 Å². The van der Waals surface area contributed by atoms with Gasteiger partial charge in [-0.1, -0.05) is 35.9 Å². The average Bonchev–Trinajstić information content (AvgIpc) is 3.27. The van der Waals surface area contributed by atoms with E-state index in [9.17, 15) is 4.79 Å². The van der Waals surface area contributed by atoms with Gasteiger partial charge in [0.2, 0.25) is 5.13 Å². The van der Waals surface area contributed by atoms with Gasteiger partial charge in [-0.15, -0.1) is 10.2 Å². The molecule has 0 radical (unpaired) electrons. The zero-order valence-electron chi connectivity index (χ0n) is 14.1. The van der Waals surface area contributed by atoms with Crippen LogP contribution < -0.4 is 20.1 Å². The van der Waals surface area contributed by atoms with Crippen molar-refractivity contribution in [2.45, 2.75) is 35.3 Å². The van der Waals surface area contributed by atoms with Gasteiger partial charge in [0, 0.05) is 17.0 Å². The standard InChI is InChI=1S/C16H20N4O3S2/c1-22-12-8-7-10(9-13(12)23-2)17-14(21)18-15-19-20-16(25-15)24-11-5-3-4-6-11/h7-9,11H,3-6H2,1-2H3,(H2,17,18,19,21). The molecule has 0 unspecified atom stereocenters. The first-order valence-electron chi connectivity index (χ1n) is 7.98. The van der Waals surface area contributed by atoms with Crippen molar-refractivity contribution in [3.63, 3.8) is 0 Å². The van der Waals surface area contributed by atoms with Crippen molar-refractivity contribution in [1.29, 1.82) is 0 Å². The predicted octanol–water partition coefficient (Wildman–Crippen LogP) is 4.23. The number of aromatic nitrogens is 2. The molecule has 7 nitrogen and oxygen atoms in total. The van der Waals surface area contributed by atoms with Crippen molar-refractivity contribution in [2.24, 2.45) is 0 Å². The summed E-state index contributed by atoms with van der Waals surface area (Å²) in [7, 11) is 3.11. The summed E-state index contributed by atoms with van der Waals surface area (Å²) in [4.78, 5) is 12.1. The van der Waals surface area contributed by atoms with Gasteiger partial charge in [0.05, 0.1) is 14.2 Å². The molecule has 2 N–H and O–H groups in total. The van der Waals surface area contributed by atoms with Gasteiger partial charge < -0.3 is 14.8 Å². The number of urea groups is 1. The molecule has 0 bridgehead atoms. The molecule has 1 aromatic carbocycles. The molecule has 0 atom stereocenters. The van der Waals surface area contributed by atoms with E-state index < -0.39 is 0 Å². The third-order valence-corrected chi connectivity index (χ3v) is 6.10. The van der Waals surface area contributed by atoms with Gasteiger partial charge in [0.25, 0.3) is 0 Å². The molecule has 0 saturated heterocycles. The van der Waals surface area contributed by atoms with Crippen LogP contribution in [0.25, 0.3) is 0 Å². The van der Waals surface area contributed by atoms with Crippen molar-refractivity contribution in [2.75, 3.05) is 24.9 Å². The van der Waals surface area contributed by atoms with Crippen LogP contribution in [-0.2, 0) is 0 Å². The molecule has 1 aromatic heterocycles. The number of nitrogens with zero attached hydrogens (tertiary/aromatic N) is 2. The maximum absolute atomic E-state index is 12.1. The summed E-state index contributed by atoms with van der Waals surface area (Å²) in [5, 5.41) is 14.7. The molecule has 25 heavy (non-hydrogen) atoms. The van der Waals surface area contributed by atoms with E-state index >= 15 is 0 Å². The first-order chi connectivity index (χ1) is 12.2. The van der Waals surface area contributed by atoms with Crippen LogP contribution in [0.3, 0.4) is 0 Å². The Balaban J connectivity index is 1.56. The quantitative estimate of drug-likeness (QED) is 0.729. The Bertz CT molecular complexity index is 732. The molecule has 3 rings (SSSR count). The van der Waals surface area contributed by atoms with Crippen LogP contribution in [0, 0.1) is 0 Å². The summed E-state index contributed by atoms with van der Waals surface area (Å²) in [6.07, 6.45) is 5.03. The molecule has 1 heterocycles. The third-order valence-electron chi connectivity index (χ3n) is 3.84. The molecule has 2 amide bonds. The predicted molar refractivity (Wildman–Crippen MR) is 100 cm³/mol. The van der Waals surface area contributed by atoms with Crippen molar-refractivity contribution >= 4 is 39.9 Å². The van der Waals surface area contributed by atoms with E-state index in [0.717, 1.165) is 4.34 Å². The lowest BCUT2D eigenvalue weighted by Crippen LogP contribution is -2.19. The van der Waals surface area contributed by atoms with Crippen LogP contribution in [0.1, 0.15) is 25.7 Å². The molecule has 1 aliphatic carbocycles. The molecule has 134 valence electrons. The van der Waals surface area contributed by atoms with E-state index in [0.29, 0.717) is 27.6 Å². The molecule has 1 fully saturated rings. The van der Waals surface area contributed by atoms with E-state index in [4.69, 9.17) is 9.47 Å². The highest BCUT2D eigenvalue weighted by atomic mass is 32.2. The number of thioether (sulfide) groups is 1. The fourth-order valence-corrected chi connectivity index (χ4v) is 4.88. The second kappa shape index (κ2) is 8.39. The first kappa shape index (κ1) is 17.8. The molecular formula is C16H20N4O3S2. The number of benzene rings is 1. The Morgan fingerprint density at radius 2 is 1.92 bits per heavy atom. The van der Waals surface area contributed by atoms with Crippen LogP contribution in [0.2, 0.25) is 0 Å². The van der Waals surface area contributed by atoms with Crippen LogP contribution in [0.15, 0.2) is 22.5 Å². The molecule has 1 saturated carbocycles. The van der Waals surface area contributed by atoms with E-state index in [1.807, 2.05) is 0 Å². The maximum Gasteiger partial charge on any atom is 0.325 e. The number of hydrogen-bond acceptors (Lipinski definition) is 7. The number of nitrogens with one attached hydrogen (secondary N) is 2. The van der Waals surface area contributed by atoms with Gasteiger partial charge >= 0.3 is 6.03 Å². The number of rotatable bonds is 6.